The van der Waals surface area contributed by atoms with Crippen molar-refractivity contribution in [2.45, 2.75) is 27.2 Å². The van der Waals surface area contributed by atoms with Crippen molar-refractivity contribution < 1.29 is 9.53 Å². The molecular formula is C13H24N6O2. The molecule has 1 rings (SSSR count). The van der Waals surface area contributed by atoms with Gasteiger partial charge in [0.05, 0.1) is 13.2 Å². The molecule has 0 unspecified atom stereocenters. The summed E-state index contributed by atoms with van der Waals surface area (Å²) in [5.41, 5.74) is 0. The molecule has 0 fully saturated rings. The highest BCUT2D eigenvalue weighted by Crippen LogP contribution is 2.10. The van der Waals surface area contributed by atoms with Gasteiger partial charge in [-0.25, -0.2) is 0 Å². The first-order valence-corrected chi connectivity index (χ1v) is 7.12. The predicted octanol–water partition coefficient (Wildman–Crippen LogP) is 0.886. The van der Waals surface area contributed by atoms with E-state index in [-0.39, 0.29) is 18.5 Å². The van der Waals surface area contributed by atoms with Crippen LogP contribution in [0, 0.1) is 5.92 Å². The third-order valence-electron chi connectivity index (χ3n) is 2.39. The minimum Gasteiger partial charge on any atom is -0.463 e. The maximum atomic E-state index is 11.6. The zero-order valence-electron chi connectivity index (χ0n) is 13.1. The Balaban J connectivity index is 2.58. The molecule has 0 atom stereocenters. The van der Waals surface area contributed by atoms with Crippen molar-refractivity contribution in [1.82, 2.24) is 20.3 Å². The summed E-state index contributed by atoms with van der Waals surface area (Å²) < 4.78 is 5.38. The molecule has 118 valence electrons. The van der Waals surface area contributed by atoms with Gasteiger partial charge in [-0.3, -0.25) is 4.79 Å². The summed E-state index contributed by atoms with van der Waals surface area (Å²) in [6.45, 7) is 7.35. The Morgan fingerprint density at radius 3 is 2.57 bits per heavy atom. The van der Waals surface area contributed by atoms with Crippen LogP contribution in [0.15, 0.2) is 0 Å². The van der Waals surface area contributed by atoms with Gasteiger partial charge in [0.2, 0.25) is 17.8 Å². The molecule has 0 aliphatic heterocycles. The fourth-order valence-electron chi connectivity index (χ4n) is 1.35. The number of ether oxygens (including phenoxy) is 1. The monoisotopic (exact) mass is 296 g/mol. The summed E-state index contributed by atoms with van der Waals surface area (Å²) in [5.74, 6) is 1.00. The van der Waals surface area contributed by atoms with Gasteiger partial charge in [-0.1, -0.05) is 20.8 Å². The Bertz CT molecular complexity index is 452. The highest BCUT2D eigenvalue weighted by atomic mass is 16.5. The van der Waals surface area contributed by atoms with Gasteiger partial charge in [0.1, 0.15) is 0 Å². The van der Waals surface area contributed by atoms with Gasteiger partial charge in [-0.2, -0.15) is 15.0 Å². The number of hydrogen-bond acceptors (Lipinski definition) is 7. The molecule has 0 aliphatic carbocycles. The number of carbonyl (C=O) groups is 1. The smallest absolute Gasteiger partial charge is 0.323 e. The molecule has 8 heteroatoms. The highest BCUT2D eigenvalue weighted by molar-refractivity contribution is 5.80. The SMILES string of the molecule is CCCOc1nc(NC)nc(NCC(=O)NCC(C)C)n1. The Hall–Kier alpha value is -2.12. The van der Waals surface area contributed by atoms with Crippen LogP contribution in [-0.4, -0.2) is 47.6 Å². The van der Waals surface area contributed by atoms with E-state index in [4.69, 9.17) is 4.74 Å². The first kappa shape index (κ1) is 16.9. The molecule has 0 spiro atoms. The van der Waals surface area contributed by atoms with E-state index in [2.05, 4.69) is 30.9 Å². The van der Waals surface area contributed by atoms with Crippen molar-refractivity contribution in [2.75, 3.05) is 37.4 Å². The van der Waals surface area contributed by atoms with Gasteiger partial charge in [0.15, 0.2) is 0 Å². The maximum absolute atomic E-state index is 11.6. The summed E-state index contributed by atoms with van der Waals surface area (Å²) in [5, 5.41) is 8.50. The van der Waals surface area contributed by atoms with Crippen LogP contribution in [0.1, 0.15) is 27.2 Å². The van der Waals surface area contributed by atoms with Crippen LogP contribution < -0.4 is 20.7 Å². The van der Waals surface area contributed by atoms with Crippen molar-refractivity contribution in [2.24, 2.45) is 5.92 Å². The molecule has 1 aromatic rings. The summed E-state index contributed by atoms with van der Waals surface area (Å²) in [7, 11) is 1.71. The van der Waals surface area contributed by atoms with Crippen molar-refractivity contribution in [3.05, 3.63) is 0 Å². The first-order valence-electron chi connectivity index (χ1n) is 7.12. The van der Waals surface area contributed by atoms with Crippen LogP contribution >= 0.6 is 0 Å². The molecule has 1 heterocycles. The van der Waals surface area contributed by atoms with E-state index in [0.29, 0.717) is 31.0 Å². The van der Waals surface area contributed by atoms with Gasteiger partial charge in [0, 0.05) is 13.6 Å². The average Bonchev–Trinajstić information content (AvgIpc) is 2.48. The van der Waals surface area contributed by atoms with Crippen LogP contribution in [0.3, 0.4) is 0 Å². The fraction of sp³-hybridized carbons (Fsp3) is 0.692. The lowest BCUT2D eigenvalue weighted by Crippen LogP contribution is -2.32. The van der Waals surface area contributed by atoms with Crippen LogP contribution in [0.4, 0.5) is 11.9 Å². The molecule has 0 bridgehead atoms. The lowest BCUT2D eigenvalue weighted by atomic mass is 10.2. The van der Waals surface area contributed by atoms with E-state index in [1.54, 1.807) is 7.05 Å². The first-order chi connectivity index (χ1) is 10.0. The van der Waals surface area contributed by atoms with Gasteiger partial charge in [-0.15, -0.1) is 0 Å². The lowest BCUT2D eigenvalue weighted by molar-refractivity contribution is -0.119. The summed E-state index contributed by atoms with van der Waals surface area (Å²) in [6, 6.07) is 0.237. The van der Waals surface area contributed by atoms with Crippen LogP contribution in [0.25, 0.3) is 0 Å². The number of rotatable bonds is 9. The number of amides is 1. The predicted molar refractivity (Wildman–Crippen MR) is 81.5 cm³/mol. The standard InChI is InChI=1S/C13H24N6O2/c1-5-6-21-13-18-11(14-4)17-12(19-13)16-8-10(20)15-7-9(2)3/h9H,5-8H2,1-4H3,(H,15,20)(H2,14,16,17,18,19). The minimum absolute atomic E-state index is 0.104. The molecule has 0 saturated carbocycles. The second-order valence-corrected chi connectivity index (χ2v) is 4.92. The summed E-state index contributed by atoms with van der Waals surface area (Å²) in [4.78, 5) is 24.0. The van der Waals surface area contributed by atoms with E-state index in [1.807, 2.05) is 20.8 Å². The van der Waals surface area contributed by atoms with Gasteiger partial charge in [-0.05, 0) is 12.3 Å². The van der Waals surface area contributed by atoms with E-state index in [9.17, 15) is 4.79 Å². The molecular weight excluding hydrogens is 272 g/mol. The van der Waals surface area contributed by atoms with Gasteiger partial charge < -0.3 is 20.7 Å². The molecule has 21 heavy (non-hydrogen) atoms. The largest absolute Gasteiger partial charge is 0.463 e. The molecule has 0 saturated heterocycles. The second kappa shape index (κ2) is 8.93. The second-order valence-electron chi connectivity index (χ2n) is 4.92. The fourth-order valence-corrected chi connectivity index (χ4v) is 1.35. The Morgan fingerprint density at radius 2 is 1.95 bits per heavy atom. The number of aromatic nitrogens is 3. The van der Waals surface area contributed by atoms with Crippen molar-refractivity contribution in [3.63, 3.8) is 0 Å². The quantitative estimate of drug-likeness (QED) is 0.622. The number of anilines is 2. The molecule has 8 nitrogen and oxygen atoms in total. The van der Waals surface area contributed by atoms with E-state index >= 15 is 0 Å². The average molecular weight is 296 g/mol. The Kier molecular flexibility index (Phi) is 7.20. The topological polar surface area (TPSA) is 101 Å². The summed E-state index contributed by atoms with van der Waals surface area (Å²) >= 11 is 0. The van der Waals surface area contributed by atoms with E-state index in [0.717, 1.165) is 6.42 Å². The molecule has 1 aromatic heterocycles. The number of nitrogens with one attached hydrogen (secondary N) is 3. The number of carbonyl (C=O) groups excluding carboxylic acids is 1. The van der Waals surface area contributed by atoms with Crippen molar-refractivity contribution in [3.8, 4) is 6.01 Å². The van der Waals surface area contributed by atoms with Crippen LogP contribution in [0.2, 0.25) is 0 Å². The number of hydrogen-bond donors (Lipinski definition) is 3. The molecule has 0 aliphatic rings. The van der Waals surface area contributed by atoms with Crippen LogP contribution in [0.5, 0.6) is 6.01 Å². The molecule has 0 radical (unpaired) electrons. The van der Waals surface area contributed by atoms with Crippen molar-refractivity contribution >= 4 is 17.8 Å². The van der Waals surface area contributed by atoms with Crippen LogP contribution in [-0.2, 0) is 4.79 Å². The molecule has 3 N–H and O–H groups in total. The minimum atomic E-state index is -0.105. The molecule has 1 amide bonds. The van der Waals surface area contributed by atoms with Gasteiger partial charge >= 0.3 is 6.01 Å². The van der Waals surface area contributed by atoms with E-state index < -0.39 is 0 Å². The normalized spacial score (nSPS) is 10.3. The zero-order valence-corrected chi connectivity index (χ0v) is 13.1. The third kappa shape index (κ3) is 6.73. The highest BCUT2D eigenvalue weighted by Gasteiger charge is 2.08. The third-order valence-corrected chi connectivity index (χ3v) is 2.39. The van der Waals surface area contributed by atoms with Crippen molar-refractivity contribution in [1.29, 1.82) is 0 Å². The summed E-state index contributed by atoms with van der Waals surface area (Å²) in [6.07, 6.45) is 0.862. The molecule has 0 aromatic carbocycles. The maximum Gasteiger partial charge on any atom is 0.323 e. The lowest BCUT2D eigenvalue weighted by Gasteiger charge is -2.10. The van der Waals surface area contributed by atoms with E-state index in [1.165, 1.54) is 0 Å². The van der Waals surface area contributed by atoms with Gasteiger partial charge in [0.25, 0.3) is 0 Å². The Morgan fingerprint density at radius 1 is 1.24 bits per heavy atom. The number of nitrogens with zero attached hydrogens (tertiary/aromatic N) is 3. The Labute approximate surface area is 125 Å². The zero-order chi connectivity index (χ0) is 15.7.